The van der Waals surface area contributed by atoms with E-state index in [0.29, 0.717) is 12.4 Å². The van der Waals surface area contributed by atoms with Gasteiger partial charge in [0.1, 0.15) is 18.7 Å². The standard InChI is InChI=1S/C11H17N7O2/c1-3-9(4-10(19)20)5-17-11(14-15-16-17)8(2)18-7-12-6-13-18/h6-9H,3-5H2,1-2H3,(H,19,20). The molecule has 0 aliphatic carbocycles. The number of aliphatic carboxylic acids is 1. The van der Waals surface area contributed by atoms with Gasteiger partial charge < -0.3 is 5.11 Å². The van der Waals surface area contributed by atoms with Crippen molar-refractivity contribution < 1.29 is 9.90 Å². The largest absolute Gasteiger partial charge is 0.481 e. The van der Waals surface area contributed by atoms with E-state index >= 15 is 0 Å². The summed E-state index contributed by atoms with van der Waals surface area (Å²) in [5.74, 6) is -0.173. The van der Waals surface area contributed by atoms with Crippen molar-refractivity contribution >= 4 is 5.97 Å². The van der Waals surface area contributed by atoms with Gasteiger partial charge in [0.2, 0.25) is 0 Å². The molecule has 0 saturated heterocycles. The number of carboxylic acid groups (broad SMARTS) is 1. The second-order valence-electron chi connectivity index (χ2n) is 4.64. The summed E-state index contributed by atoms with van der Waals surface area (Å²) in [6.07, 6.45) is 3.90. The molecule has 2 unspecified atom stereocenters. The lowest BCUT2D eigenvalue weighted by molar-refractivity contribution is -0.138. The van der Waals surface area contributed by atoms with Gasteiger partial charge in [0.05, 0.1) is 0 Å². The molecular weight excluding hydrogens is 262 g/mol. The van der Waals surface area contributed by atoms with Crippen molar-refractivity contribution in [3.8, 4) is 0 Å². The summed E-state index contributed by atoms with van der Waals surface area (Å²) in [6, 6.07) is -0.158. The Morgan fingerprint density at radius 1 is 1.50 bits per heavy atom. The minimum absolute atomic E-state index is 0.00213. The van der Waals surface area contributed by atoms with Crippen LogP contribution in [-0.2, 0) is 11.3 Å². The molecule has 2 aromatic rings. The van der Waals surface area contributed by atoms with Crippen molar-refractivity contribution in [1.82, 2.24) is 35.0 Å². The highest BCUT2D eigenvalue weighted by atomic mass is 16.4. The van der Waals surface area contributed by atoms with E-state index in [1.54, 1.807) is 15.7 Å². The Morgan fingerprint density at radius 3 is 2.90 bits per heavy atom. The fourth-order valence-electron chi connectivity index (χ4n) is 2.01. The number of rotatable bonds is 7. The van der Waals surface area contributed by atoms with Crippen LogP contribution in [0.25, 0.3) is 0 Å². The fraction of sp³-hybridized carbons (Fsp3) is 0.636. The topological polar surface area (TPSA) is 112 Å². The molecule has 0 fully saturated rings. The number of nitrogens with zero attached hydrogens (tertiary/aromatic N) is 7. The maximum absolute atomic E-state index is 10.8. The van der Waals surface area contributed by atoms with E-state index in [1.165, 1.54) is 6.33 Å². The lowest BCUT2D eigenvalue weighted by Crippen LogP contribution is -2.20. The monoisotopic (exact) mass is 279 g/mol. The molecule has 2 atom stereocenters. The minimum atomic E-state index is -0.809. The van der Waals surface area contributed by atoms with Gasteiger partial charge in [-0.15, -0.1) is 5.10 Å². The first-order valence-corrected chi connectivity index (χ1v) is 6.43. The molecule has 2 heterocycles. The molecule has 2 aromatic heterocycles. The molecule has 0 spiro atoms. The summed E-state index contributed by atoms with van der Waals surface area (Å²) >= 11 is 0. The number of carbonyl (C=O) groups is 1. The van der Waals surface area contributed by atoms with Gasteiger partial charge in [-0.3, -0.25) is 4.79 Å². The summed E-state index contributed by atoms with van der Waals surface area (Å²) in [5.41, 5.74) is 0. The molecule has 0 amide bonds. The van der Waals surface area contributed by atoms with E-state index < -0.39 is 5.97 Å². The molecule has 0 aliphatic rings. The van der Waals surface area contributed by atoms with E-state index in [2.05, 4.69) is 25.6 Å². The molecule has 2 rings (SSSR count). The van der Waals surface area contributed by atoms with Crippen LogP contribution >= 0.6 is 0 Å². The molecule has 9 heteroatoms. The zero-order chi connectivity index (χ0) is 14.5. The maximum atomic E-state index is 10.8. The zero-order valence-electron chi connectivity index (χ0n) is 11.4. The van der Waals surface area contributed by atoms with Crippen LogP contribution in [0.5, 0.6) is 0 Å². The molecule has 0 radical (unpaired) electrons. The van der Waals surface area contributed by atoms with Gasteiger partial charge in [-0.1, -0.05) is 13.3 Å². The Balaban J connectivity index is 2.14. The van der Waals surface area contributed by atoms with E-state index in [9.17, 15) is 4.79 Å². The quantitative estimate of drug-likeness (QED) is 0.779. The fourth-order valence-corrected chi connectivity index (χ4v) is 2.01. The van der Waals surface area contributed by atoms with Crippen LogP contribution in [0.15, 0.2) is 12.7 Å². The molecule has 9 nitrogen and oxygen atoms in total. The molecule has 0 bridgehead atoms. The average Bonchev–Trinajstić information content (AvgIpc) is 3.07. The zero-order valence-corrected chi connectivity index (χ0v) is 11.4. The van der Waals surface area contributed by atoms with E-state index in [-0.39, 0.29) is 18.4 Å². The van der Waals surface area contributed by atoms with Crippen LogP contribution in [0.4, 0.5) is 0 Å². The first-order chi connectivity index (χ1) is 9.61. The molecule has 0 aliphatic heterocycles. The van der Waals surface area contributed by atoms with Crippen LogP contribution in [-0.4, -0.2) is 46.0 Å². The molecule has 1 N–H and O–H groups in total. The first-order valence-electron chi connectivity index (χ1n) is 6.43. The summed E-state index contributed by atoms with van der Waals surface area (Å²) < 4.78 is 3.30. The minimum Gasteiger partial charge on any atom is -0.481 e. The number of tetrazole rings is 1. The Hall–Kier alpha value is -2.32. The molecule has 108 valence electrons. The van der Waals surface area contributed by atoms with Crippen molar-refractivity contribution in [2.24, 2.45) is 5.92 Å². The van der Waals surface area contributed by atoms with Gasteiger partial charge in [0.15, 0.2) is 5.82 Å². The Bertz CT molecular complexity index is 551. The highest BCUT2D eigenvalue weighted by Gasteiger charge is 2.20. The van der Waals surface area contributed by atoms with Crippen molar-refractivity contribution in [3.05, 3.63) is 18.5 Å². The lowest BCUT2D eigenvalue weighted by atomic mass is 10.0. The van der Waals surface area contributed by atoms with Crippen molar-refractivity contribution in [2.45, 2.75) is 39.3 Å². The van der Waals surface area contributed by atoms with Crippen molar-refractivity contribution in [1.29, 1.82) is 0 Å². The van der Waals surface area contributed by atoms with Crippen LogP contribution in [0.2, 0.25) is 0 Å². The third kappa shape index (κ3) is 3.16. The van der Waals surface area contributed by atoms with E-state index in [1.807, 2.05) is 13.8 Å². The summed E-state index contributed by atoms with van der Waals surface area (Å²) in [7, 11) is 0. The second-order valence-corrected chi connectivity index (χ2v) is 4.64. The van der Waals surface area contributed by atoms with Gasteiger partial charge in [-0.2, -0.15) is 5.10 Å². The lowest BCUT2D eigenvalue weighted by Gasteiger charge is -2.15. The number of carboxylic acids is 1. The normalized spacial score (nSPS) is 14.1. The van der Waals surface area contributed by atoms with Crippen molar-refractivity contribution in [3.63, 3.8) is 0 Å². The predicted octanol–water partition coefficient (Wildman–Crippen LogP) is 0.375. The third-order valence-corrected chi connectivity index (χ3v) is 3.24. The Morgan fingerprint density at radius 2 is 2.30 bits per heavy atom. The summed E-state index contributed by atoms with van der Waals surface area (Å²) in [5, 5.41) is 24.6. The molecule has 0 aromatic carbocycles. The number of hydrogen-bond acceptors (Lipinski definition) is 6. The van der Waals surface area contributed by atoms with Crippen molar-refractivity contribution in [2.75, 3.05) is 0 Å². The van der Waals surface area contributed by atoms with Gasteiger partial charge in [-0.05, 0) is 23.3 Å². The van der Waals surface area contributed by atoms with Gasteiger partial charge in [0, 0.05) is 13.0 Å². The molecular formula is C11H17N7O2. The average molecular weight is 279 g/mol. The Labute approximate surface area is 115 Å². The molecule has 20 heavy (non-hydrogen) atoms. The second kappa shape index (κ2) is 6.22. The predicted molar refractivity (Wildman–Crippen MR) is 67.7 cm³/mol. The van der Waals surface area contributed by atoms with E-state index in [0.717, 1.165) is 6.42 Å². The molecule has 0 saturated carbocycles. The number of aromatic nitrogens is 7. The van der Waals surface area contributed by atoms with Gasteiger partial charge in [0.25, 0.3) is 0 Å². The van der Waals surface area contributed by atoms with Gasteiger partial charge >= 0.3 is 5.97 Å². The van der Waals surface area contributed by atoms with Crippen LogP contribution < -0.4 is 0 Å². The smallest absolute Gasteiger partial charge is 0.303 e. The van der Waals surface area contributed by atoms with Crippen LogP contribution in [0.1, 0.15) is 38.6 Å². The maximum Gasteiger partial charge on any atom is 0.303 e. The van der Waals surface area contributed by atoms with E-state index in [4.69, 9.17) is 5.11 Å². The SMILES string of the molecule is CCC(CC(=O)O)Cn1nnnc1C(C)n1cncn1. The number of hydrogen-bond donors (Lipinski definition) is 1. The third-order valence-electron chi connectivity index (χ3n) is 3.24. The van der Waals surface area contributed by atoms with Crippen LogP contribution in [0.3, 0.4) is 0 Å². The first kappa shape index (κ1) is 14.1. The highest BCUT2D eigenvalue weighted by molar-refractivity contribution is 5.66. The van der Waals surface area contributed by atoms with Crippen LogP contribution in [0, 0.1) is 5.92 Å². The van der Waals surface area contributed by atoms with Gasteiger partial charge in [-0.25, -0.2) is 14.3 Å². The summed E-state index contributed by atoms with van der Waals surface area (Å²) in [6.45, 7) is 4.34. The summed E-state index contributed by atoms with van der Waals surface area (Å²) in [4.78, 5) is 14.7. The highest BCUT2D eigenvalue weighted by Crippen LogP contribution is 2.16. The Kier molecular flexibility index (Phi) is 4.38.